The number of fused-ring (bicyclic) bond motifs is 1. The van der Waals surface area contributed by atoms with Crippen LogP contribution >= 0.6 is 11.8 Å². The highest BCUT2D eigenvalue weighted by Crippen LogP contribution is 2.26. The van der Waals surface area contributed by atoms with Crippen LogP contribution in [0.2, 0.25) is 0 Å². The molecule has 190 valence electrons. The molecule has 3 atom stereocenters. The molecule has 1 aromatic carbocycles. The summed E-state index contributed by atoms with van der Waals surface area (Å²) >= 11 is 1.12. The van der Waals surface area contributed by atoms with Crippen LogP contribution in [0.3, 0.4) is 0 Å². The number of hydrazine groups is 1. The lowest BCUT2D eigenvalue weighted by molar-refractivity contribution is -0.190. The highest BCUT2D eigenvalue weighted by Gasteiger charge is 2.47. The van der Waals surface area contributed by atoms with Crippen LogP contribution in [0.5, 0.6) is 0 Å². The Morgan fingerprint density at radius 3 is 2.51 bits per heavy atom. The second-order valence-corrected chi connectivity index (χ2v) is 10.7. The molecular weight excluding hydrogens is 474 g/mol. The average molecular weight is 506 g/mol. The maximum atomic E-state index is 13.2. The van der Waals surface area contributed by atoms with Gasteiger partial charge in [-0.15, -0.1) is 11.8 Å². The topological polar surface area (TPSA) is 133 Å². The third kappa shape index (κ3) is 6.53. The van der Waals surface area contributed by atoms with Gasteiger partial charge in [0.15, 0.2) is 6.04 Å². The first-order valence-corrected chi connectivity index (χ1v) is 12.5. The molecule has 2 saturated heterocycles. The van der Waals surface area contributed by atoms with Gasteiger partial charge in [-0.25, -0.2) is 9.80 Å². The molecule has 11 heteroatoms. The van der Waals surface area contributed by atoms with Crippen LogP contribution in [0, 0.1) is 5.41 Å². The van der Waals surface area contributed by atoms with Gasteiger partial charge in [-0.2, -0.15) is 0 Å². The van der Waals surface area contributed by atoms with E-state index in [2.05, 4.69) is 5.32 Å². The molecule has 0 radical (unpaired) electrons. The fourth-order valence-electron chi connectivity index (χ4n) is 3.92. The number of carboxylic acid groups (broad SMARTS) is 1. The van der Waals surface area contributed by atoms with Gasteiger partial charge in [0.25, 0.3) is 5.91 Å². The molecule has 3 amide bonds. The molecule has 0 aromatic heterocycles. The minimum Gasteiger partial charge on any atom is -0.480 e. The summed E-state index contributed by atoms with van der Waals surface area (Å²) in [4.78, 5) is 62.8. The van der Waals surface area contributed by atoms with E-state index in [-0.39, 0.29) is 25.3 Å². The number of carbonyl (C=O) groups excluding carboxylic acids is 4. The molecular formula is C24H31N3O7S. The van der Waals surface area contributed by atoms with E-state index in [0.717, 1.165) is 22.3 Å². The van der Waals surface area contributed by atoms with Crippen molar-refractivity contribution in [2.45, 2.75) is 63.8 Å². The number of aliphatic carboxylic acids is 1. The van der Waals surface area contributed by atoms with E-state index >= 15 is 0 Å². The standard InChI is InChI=1S/C24H31N3O7S/c1-24(2,3)23(33)34-14-35-18(12-15-8-5-4-6-9-15)20(29)25-16-13-19(28)26-11-7-10-17(22(31)32)27(26)21(16)30/h4-6,8-9,16-18H,7,10-14H2,1-3H3,(H,25,29)(H,31,32)/t16?,17-,18-/m0/s1. The summed E-state index contributed by atoms with van der Waals surface area (Å²) < 4.78 is 5.31. The first kappa shape index (κ1) is 26.5. The zero-order chi connectivity index (χ0) is 25.8. The van der Waals surface area contributed by atoms with Crippen LogP contribution < -0.4 is 5.32 Å². The molecule has 35 heavy (non-hydrogen) atoms. The zero-order valence-electron chi connectivity index (χ0n) is 20.1. The predicted octanol–water partition coefficient (Wildman–Crippen LogP) is 1.59. The van der Waals surface area contributed by atoms with Crippen molar-refractivity contribution in [2.75, 3.05) is 12.5 Å². The largest absolute Gasteiger partial charge is 0.480 e. The van der Waals surface area contributed by atoms with Crippen LogP contribution in [-0.4, -0.2) is 74.6 Å². The van der Waals surface area contributed by atoms with E-state index in [1.165, 1.54) is 5.01 Å². The third-order valence-corrected chi connectivity index (χ3v) is 6.86. The number of ether oxygens (including phenoxy) is 1. The number of rotatable bonds is 8. The van der Waals surface area contributed by atoms with E-state index < -0.39 is 52.4 Å². The molecule has 2 aliphatic rings. The number of thioether (sulfide) groups is 1. The number of hydrogen-bond acceptors (Lipinski definition) is 7. The number of carbonyl (C=O) groups is 5. The van der Waals surface area contributed by atoms with Crippen LogP contribution in [-0.2, 0) is 35.1 Å². The smallest absolute Gasteiger partial charge is 0.328 e. The fraction of sp³-hybridized carbons (Fsp3) is 0.542. The molecule has 2 fully saturated rings. The molecule has 2 N–H and O–H groups in total. The molecule has 0 aliphatic carbocycles. The van der Waals surface area contributed by atoms with Crippen molar-refractivity contribution in [2.24, 2.45) is 5.41 Å². The Balaban J connectivity index is 1.72. The summed E-state index contributed by atoms with van der Waals surface area (Å²) in [6.45, 7) is 5.46. The number of amides is 3. The van der Waals surface area contributed by atoms with E-state index in [9.17, 15) is 29.1 Å². The molecule has 2 aliphatic heterocycles. The monoisotopic (exact) mass is 505 g/mol. The van der Waals surface area contributed by atoms with Crippen molar-refractivity contribution in [1.29, 1.82) is 0 Å². The van der Waals surface area contributed by atoms with Crippen molar-refractivity contribution < 1.29 is 33.8 Å². The lowest BCUT2D eigenvalue weighted by atomic mass is 9.98. The quantitative estimate of drug-likeness (QED) is 0.402. The Kier molecular flexibility index (Phi) is 8.42. The second kappa shape index (κ2) is 11.1. The van der Waals surface area contributed by atoms with Crippen molar-refractivity contribution in [3.8, 4) is 0 Å². The zero-order valence-corrected chi connectivity index (χ0v) is 20.9. The van der Waals surface area contributed by atoms with Gasteiger partial charge in [0.2, 0.25) is 11.8 Å². The molecule has 0 saturated carbocycles. The van der Waals surface area contributed by atoms with Gasteiger partial charge in [0.1, 0.15) is 12.0 Å². The number of esters is 1. The van der Waals surface area contributed by atoms with Gasteiger partial charge in [-0.05, 0) is 45.6 Å². The van der Waals surface area contributed by atoms with Crippen molar-refractivity contribution in [3.63, 3.8) is 0 Å². The van der Waals surface area contributed by atoms with Crippen LogP contribution in [0.25, 0.3) is 0 Å². The van der Waals surface area contributed by atoms with Gasteiger partial charge in [-0.1, -0.05) is 30.3 Å². The summed E-state index contributed by atoms with van der Waals surface area (Å²) in [5.74, 6) is -3.17. The fourth-order valence-corrected chi connectivity index (χ4v) is 4.79. The van der Waals surface area contributed by atoms with E-state index in [1.807, 2.05) is 30.3 Å². The predicted molar refractivity (Wildman–Crippen MR) is 128 cm³/mol. The summed E-state index contributed by atoms with van der Waals surface area (Å²) in [5, 5.41) is 13.6. The molecule has 3 rings (SSSR count). The molecule has 0 bridgehead atoms. The number of benzene rings is 1. The highest BCUT2D eigenvalue weighted by molar-refractivity contribution is 8.00. The highest BCUT2D eigenvalue weighted by atomic mass is 32.2. The first-order chi connectivity index (χ1) is 16.5. The molecule has 1 aromatic rings. The maximum absolute atomic E-state index is 13.2. The number of nitrogens with one attached hydrogen (secondary N) is 1. The molecule has 0 spiro atoms. The van der Waals surface area contributed by atoms with Crippen LogP contribution in [0.4, 0.5) is 0 Å². The minimum atomic E-state index is -1.19. The van der Waals surface area contributed by atoms with Gasteiger partial charge < -0.3 is 15.2 Å². The molecule has 2 heterocycles. The summed E-state index contributed by atoms with van der Waals surface area (Å²) in [6.07, 6.45) is 0.783. The SMILES string of the molecule is CC(C)(C)C(=O)OCS[C@@H](Cc1ccccc1)C(=O)NC1CC(=O)N2CCC[C@@H](C(=O)O)N2C1=O. The Morgan fingerprint density at radius 1 is 1.20 bits per heavy atom. The van der Waals surface area contributed by atoms with E-state index in [4.69, 9.17) is 4.74 Å². The summed E-state index contributed by atoms with van der Waals surface area (Å²) in [7, 11) is 0. The Hall–Kier alpha value is -3.08. The molecule has 10 nitrogen and oxygen atoms in total. The lowest BCUT2D eigenvalue weighted by Gasteiger charge is -2.47. The van der Waals surface area contributed by atoms with Crippen LogP contribution in [0.15, 0.2) is 30.3 Å². The third-order valence-electron chi connectivity index (χ3n) is 5.82. The van der Waals surface area contributed by atoms with Gasteiger partial charge in [0.05, 0.1) is 17.1 Å². The lowest BCUT2D eigenvalue weighted by Crippen LogP contribution is -2.68. The Bertz CT molecular complexity index is 973. The average Bonchev–Trinajstić information content (AvgIpc) is 2.81. The van der Waals surface area contributed by atoms with Crippen molar-refractivity contribution in [3.05, 3.63) is 35.9 Å². The molecule has 1 unspecified atom stereocenters. The minimum absolute atomic E-state index is 0.0560. The second-order valence-electron chi connectivity index (χ2n) is 9.61. The van der Waals surface area contributed by atoms with Crippen LogP contribution in [0.1, 0.15) is 45.6 Å². The maximum Gasteiger partial charge on any atom is 0.328 e. The van der Waals surface area contributed by atoms with E-state index in [0.29, 0.717) is 12.8 Å². The van der Waals surface area contributed by atoms with Crippen molar-refractivity contribution in [1.82, 2.24) is 15.3 Å². The number of carboxylic acids is 1. The van der Waals surface area contributed by atoms with E-state index in [1.54, 1.807) is 20.8 Å². The number of hydrogen-bond donors (Lipinski definition) is 2. The van der Waals surface area contributed by atoms with Gasteiger partial charge in [-0.3, -0.25) is 24.2 Å². The normalized spacial score (nSPS) is 21.2. The Morgan fingerprint density at radius 2 is 1.89 bits per heavy atom. The van der Waals surface area contributed by atoms with Gasteiger partial charge >= 0.3 is 11.9 Å². The Labute approximate surface area is 208 Å². The van der Waals surface area contributed by atoms with Gasteiger partial charge in [0, 0.05) is 6.54 Å². The van der Waals surface area contributed by atoms with Crippen molar-refractivity contribution >= 4 is 41.4 Å². The summed E-state index contributed by atoms with van der Waals surface area (Å²) in [5.41, 5.74) is 0.189. The number of nitrogens with zero attached hydrogens (tertiary/aromatic N) is 2. The first-order valence-electron chi connectivity index (χ1n) is 11.5. The summed E-state index contributed by atoms with van der Waals surface area (Å²) in [6, 6.07) is 6.95.